The van der Waals surface area contributed by atoms with E-state index in [2.05, 4.69) is 17.1 Å². The summed E-state index contributed by atoms with van der Waals surface area (Å²) in [6, 6.07) is 7.08. The molecule has 1 aromatic carbocycles. The van der Waals surface area contributed by atoms with Crippen LogP contribution in [0.3, 0.4) is 0 Å². The Labute approximate surface area is 108 Å². The third kappa shape index (κ3) is 3.28. The lowest BCUT2D eigenvalue weighted by Crippen LogP contribution is -2.46. The summed E-state index contributed by atoms with van der Waals surface area (Å²) < 4.78 is 18.6. The Hall–Kier alpha value is -0.970. The fourth-order valence-electron chi connectivity index (χ4n) is 2.40. The second kappa shape index (κ2) is 6.27. The standard InChI is InChI=1S/C14H21FN2O/c1-11(12-3-5-13(15)6-4-12)17-7-8-18-14(10-17)9-16-2/h3-6,11,14,16H,7-10H2,1-2H3. The third-order valence-electron chi connectivity index (χ3n) is 3.50. The highest BCUT2D eigenvalue weighted by Crippen LogP contribution is 2.22. The molecule has 1 aliphatic rings. The van der Waals surface area contributed by atoms with Gasteiger partial charge in [-0.3, -0.25) is 4.90 Å². The molecule has 3 nitrogen and oxygen atoms in total. The van der Waals surface area contributed by atoms with Crippen LogP contribution in [0.15, 0.2) is 24.3 Å². The second-order valence-electron chi connectivity index (χ2n) is 4.77. The lowest BCUT2D eigenvalue weighted by Gasteiger charge is -2.37. The molecule has 0 radical (unpaired) electrons. The molecule has 1 saturated heterocycles. The van der Waals surface area contributed by atoms with Gasteiger partial charge in [-0.1, -0.05) is 12.1 Å². The van der Waals surface area contributed by atoms with E-state index >= 15 is 0 Å². The molecular weight excluding hydrogens is 231 g/mol. The molecule has 0 bridgehead atoms. The first-order valence-corrected chi connectivity index (χ1v) is 6.46. The predicted octanol–water partition coefficient (Wildman–Crippen LogP) is 1.81. The van der Waals surface area contributed by atoms with E-state index in [4.69, 9.17) is 4.74 Å². The lowest BCUT2D eigenvalue weighted by atomic mass is 10.1. The van der Waals surface area contributed by atoms with Gasteiger partial charge in [0.15, 0.2) is 0 Å². The molecule has 2 atom stereocenters. The quantitative estimate of drug-likeness (QED) is 0.884. The van der Waals surface area contributed by atoms with Crippen LogP contribution in [0.25, 0.3) is 0 Å². The number of nitrogens with one attached hydrogen (secondary N) is 1. The molecule has 1 N–H and O–H groups in total. The summed E-state index contributed by atoms with van der Waals surface area (Å²) in [4.78, 5) is 2.39. The summed E-state index contributed by atoms with van der Waals surface area (Å²) in [5.41, 5.74) is 1.15. The van der Waals surface area contributed by atoms with Crippen molar-refractivity contribution in [1.82, 2.24) is 10.2 Å². The van der Waals surface area contributed by atoms with Gasteiger partial charge in [-0.05, 0) is 31.7 Å². The molecular formula is C14H21FN2O. The van der Waals surface area contributed by atoms with Crippen LogP contribution >= 0.6 is 0 Å². The third-order valence-corrected chi connectivity index (χ3v) is 3.50. The van der Waals surface area contributed by atoms with Crippen LogP contribution in [0.1, 0.15) is 18.5 Å². The molecule has 1 aliphatic heterocycles. The summed E-state index contributed by atoms with van der Waals surface area (Å²) in [6.45, 7) is 5.64. The molecule has 100 valence electrons. The van der Waals surface area contributed by atoms with Crippen molar-refractivity contribution in [3.63, 3.8) is 0 Å². The predicted molar refractivity (Wildman–Crippen MR) is 70.1 cm³/mol. The highest BCUT2D eigenvalue weighted by atomic mass is 19.1. The van der Waals surface area contributed by atoms with Crippen LogP contribution in [0.2, 0.25) is 0 Å². The average Bonchev–Trinajstić information content (AvgIpc) is 2.39. The first kappa shape index (κ1) is 13.5. The van der Waals surface area contributed by atoms with Crippen molar-refractivity contribution in [2.75, 3.05) is 33.3 Å². The van der Waals surface area contributed by atoms with Crippen molar-refractivity contribution in [3.05, 3.63) is 35.6 Å². The van der Waals surface area contributed by atoms with E-state index in [0.717, 1.165) is 31.8 Å². The number of benzene rings is 1. The van der Waals surface area contributed by atoms with E-state index in [1.54, 1.807) is 0 Å². The van der Waals surface area contributed by atoms with E-state index in [-0.39, 0.29) is 11.9 Å². The molecule has 0 saturated carbocycles. The summed E-state index contributed by atoms with van der Waals surface area (Å²) in [7, 11) is 1.94. The van der Waals surface area contributed by atoms with Gasteiger partial charge in [-0.2, -0.15) is 0 Å². The van der Waals surface area contributed by atoms with Crippen molar-refractivity contribution in [2.24, 2.45) is 0 Å². The van der Waals surface area contributed by atoms with Crippen LogP contribution in [-0.4, -0.2) is 44.3 Å². The number of morpholine rings is 1. The van der Waals surface area contributed by atoms with Gasteiger partial charge in [0.25, 0.3) is 0 Å². The largest absolute Gasteiger partial charge is 0.374 e. The smallest absolute Gasteiger partial charge is 0.123 e. The Balaban J connectivity index is 1.99. The van der Waals surface area contributed by atoms with E-state index < -0.39 is 0 Å². The van der Waals surface area contributed by atoms with Gasteiger partial charge in [-0.15, -0.1) is 0 Å². The van der Waals surface area contributed by atoms with Crippen molar-refractivity contribution in [2.45, 2.75) is 19.1 Å². The molecule has 2 unspecified atom stereocenters. The van der Waals surface area contributed by atoms with Gasteiger partial charge in [0, 0.05) is 25.7 Å². The minimum absolute atomic E-state index is 0.180. The summed E-state index contributed by atoms with van der Waals surface area (Å²) in [5.74, 6) is -0.180. The number of rotatable bonds is 4. The number of ether oxygens (including phenoxy) is 1. The molecule has 0 aromatic heterocycles. The van der Waals surface area contributed by atoms with Gasteiger partial charge in [0.2, 0.25) is 0 Å². The summed E-state index contributed by atoms with van der Waals surface area (Å²) >= 11 is 0. The number of nitrogens with zero attached hydrogens (tertiary/aromatic N) is 1. The Bertz CT molecular complexity index is 367. The molecule has 1 heterocycles. The first-order chi connectivity index (χ1) is 8.70. The van der Waals surface area contributed by atoms with Crippen LogP contribution in [0.4, 0.5) is 4.39 Å². The van der Waals surface area contributed by atoms with Crippen LogP contribution in [-0.2, 0) is 4.74 Å². The second-order valence-corrected chi connectivity index (χ2v) is 4.77. The van der Waals surface area contributed by atoms with Gasteiger partial charge < -0.3 is 10.1 Å². The highest BCUT2D eigenvalue weighted by molar-refractivity contribution is 5.19. The molecule has 4 heteroatoms. The fourth-order valence-corrected chi connectivity index (χ4v) is 2.40. The fraction of sp³-hybridized carbons (Fsp3) is 0.571. The van der Waals surface area contributed by atoms with E-state index in [1.807, 2.05) is 19.2 Å². The lowest BCUT2D eigenvalue weighted by molar-refractivity contribution is -0.0393. The number of likely N-dealkylation sites (N-methyl/N-ethyl adjacent to an activating group) is 1. The topological polar surface area (TPSA) is 24.5 Å². The number of hydrogen-bond donors (Lipinski definition) is 1. The van der Waals surface area contributed by atoms with Crippen LogP contribution in [0.5, 0.6) is 0 Å². The average molecular weight is 252 g/mol. The van der Waals surface area contributed by atoms with Gasteiger partial charge in [0.05, 0.1) is 12.7 Å². The molecule has 2 rings (SSSR count). The summed E-state index contributed by atoms with van der Waals surface area (Å²) in [6.07, 6.45) is 0.242. The maximum absolute atomic E-state index is 12.9. The molecule has 0 aliphatic carbocycles. The van der Waals surface area contributed by atoms with Crippen molar-refractivity contribution < 1.29 is 9.13 Å². The van der Waals surface area contributed by atoms with E-state index in [9.17, 15) is 4.39 Å². The van der Waals surface area contributed by atoms with Crippen LogP contribution in [0, 0.1) is 5.82 Å². The first-order valence-electron chi connectivity index (χ1n) is 6.46. The number of halogens is 1. The van der Waals surface area contributed by atoms with Gasteiger partial charge in [-0.25, -0.2) is 4.39 Å². The zero-order chi connectivity index (χ0) is 13.0. The normalized spacial score (nSPS) is 22.9. The summed E-state index contributed by atoms with van der Waals surface area (Å²) in [5, 5.41) is 3.14. The molecule has 0 spiro atoms. The van der Waals surface area contributed by atoms with Crippen LogP contribution < -0.4 is 5.32 Å². The minimum Gasteiger partial charge on any atom is -0.374 e. The van der Waals surface area contributed by atoms with Crippen molar-refractivity contribution in [1.29, 1.82) is 0 Å². The molecule has 18 heavy (non-hydrogen) atoms. The monoisotopic (exact) mass is 252 g/mol. The Morgan fingerprint density at radius 2 is 2.17 bits per heavy atom. The SMILES string of the molecule is CNCC1CN(C(C)c2ccc(F)cc2)CCO1. The van der Waals surface area contributed by atoms with Gasteiger partial charge >= 0.3 is 0 Å². The van der Waals surface area contributed by atoms with Gasteiger partial charge in [0.1, 0.15) is 5.82 Å². The molecule has 0 amide bonds. The van der Waals surface area contributed by atoms with Crippen molar-refractivity contribution >= 4 is 0 Å². The zero-order valence-corrected chi connectivity index (χ0v) is 11.0. The van der Waals surface area contributed by atoms with E-state index in [1.165, 1.54) is 12.1 Å². The Kier molecular flexibility index (Phi) is 4.69. The molecule has 1 fully saturated rings. The number of hydrogen-bond acceptors (Lipinski definition) is 3. The Morgan fingerprint density at radius 1 is 1.44 bits per heavy atom. The maximum atomic E-state index is 12.9. The zero-order valence-electron chi connectivity index (χ0n) is 11.0. The minimum atomic E-state index is -0.180. The Morgan fingerprint density at radius 3 is 2.83 bits per heavy atom. The maximum Gasteiger partial charge on any atom is 0.123 e. The van der Waals surface area contributed by atoms with E-state index in [0.29, 0.717) is 6.04 Å². The highest BCUT2D eigenvalue weighted by Gasteiger charge is 2.24. The molecule has 1 aromatic rings. The van der Waals surface area contributed by atoms with Crippen molar-refractivity contribution in [3.8, 4) is 0 Å².